The fourth-order valence-corrected chi connectivity index (χ4v) is 1.71. The highest BCUT2D eigenvalue weighted by Crippen LogP contribution is 2.04. The Kier molecular flexibility index (Phi) is 7.56. The molecule has 0 bridgehead atoms. The van der Waals surface area contributed by atoms with Crippen LogP contribution in [0.2, 0.25) is 0 Å². The highest BCUT2D eigenvalue weighted by molar-refractivity contribution is 5.85. The molecule has 0 saturated carbocycles. The number of nitrogens with zero attached hydrogens (tertiary/aromatic N) is 2. The van der Waals surface area contributed by atoms with E-state index in [4.69, 9.17) is 10.5 Å². The summed E-state index contributed by atoms with van der Waals surface area (Å²) in [5.41, 5.74) is 0.864. The number of alkyl carbamates (subject to hydrolysis) is 1. The minimum atomic E-state index is -0.840. The van der Waals surface area contributed by atoms with Crippen molar-refractivity contribution in [3.8, 4) is 12.1 Å². The fraction of sp³-hybridized carbons (Fsp3) is 0.333. The van der Waals surface area contributed by atoms with E-state index in [1.54, 1.807) is 6.07 Å². The van der Waals surface area contributed by atoms with Crippen LogP contribution in [-0.2, 0) is 16.0 Å². The minimum absolute atomic E-state index is 0.183. The Morgan fingerprint density at radius 1 is 1.18 bits per heavy atom. The lowest BCUT2D eigenvalue weighted by molar-refractivity contribution is -0.123. The Labute approximate surface area is 128 Å². The summed E-state index contributed by atoms with van der Waals surface area (Å²) in [7, 11) is 0. The normalized spacial score (nSPS) is 10.6. The molecule has 0 radical (unpaired) electrons. The van der Waals surface area contributed by atoms with E-state index >= 15 is 0 Å². The first-order chi connectivity index (χ1) is 10.7. The quantitative estimate of drug-likeness (QED) is 0.725. The minimum Gasteiger partial charge on any atom is -0.434 e. The molecule has 0 aromatic heterocycles. The zero-order chi connectivity index (χ0) is 16.2. The van der Waals surface area contributed by atoms with Gasteiger partial charge in [0.05, 0.1) is 12.5 Å². The second-order valence-corrected chi connectivity index (χ2v) is 4.32. The molecule has 1 aromatic carbocycles. The van der Waals surface area contributed by atoms with E-state index < -0.39 is 18.0 Å². The van der Waals surface area contributed by atoms with Crippen molar-refractivity contribution >= 4 is 12.0 Å². The summed E-state index contributed by atoms with van der Waals surface area (Å²) >= 11 is 0. The van der Waals surface area contributed by atoms with E-state index in [0.29, 0.717) is 0 Å². The number of hydrogen-bond acceptors (Lipinski definition) is 5. The monoisotopic (exact) mass is 300 g/mol. The lowest BCUT2D eigenvalue weighted by Gasteiger charge is -2.17. The van der Waals surface area contributed by atoms with Gasteiger partial charge in [0.2, 0.25) is 5.91 Å². The van der Waals surface area contributed by atoms with Gasteiger partial charge in [-0.1, -0.05) is 30.3 Å². The summed E-state index contributed by atoms with van der Waals surface area (Å²) in [4.78, 5) is 23.6. The van der Waals surface area contributed by atoms with Crippen molar-refractivity contribution < 1.29 is 14.3 Å². The van der Waals surface area contributed by atoms with Crippen molar-refractivity contribution in [2.75, 3.05) is 13.2 Å². The van der Waals surface area contributed by atoms with Gasteiger partial charge in [-0.3, -0.25) is 4.79 Å². The van der Waals surface area contributed by atoms with Gasteiger partial charge in [-0.05, 0) is 5.56 Å². The molecule has 2 amide bonds. The molecule has 1 rings (SSSR count). The molecule has 0 heterocycles. The molecule has 0 saturated heterocycles. The maximum absolute atomic E-state index is 12.1. The molecule has 0 aliphatic carbocycles. The van der Waals surface area contributed by atoms with Crippen LogP contribution in [0.1, 0.15) is 12.0 Å². The van der Waals surface area contributed by atoms with Crippen LogP contribution in [-0.4, -0.2) is 31.2 Å². The number of nitriles is 2. The molecular weight excluding hydrogens is 284 g/mol. The van der Waals surface area contributed by atoms with Crippen LogP contribution in [0.5, 0.6) is 0 Å². The molecule has 7 nitrogen and oxygen atoms in total. The SMILES string of the molecule is N#CCCNC(=O)C(Cc1ccccc1)NC(=O)OCC#N. The van der Waals surface area contributed by atoms with Gasteiger partial charge in [-0.25, -0.2) is 4.79 Å². The van der Waals surface area contributed by atoms with E-state index in [2.05, 4.69) is 15.4 Å². The topological polar surface area (TPSA) is 115 Å². The van der Waals surface area contributed by atoms with Gasteiger partial charge in [-0.15, -0.1) is 0 Å². The number of carbonyl (C=O) groups is 2. The summed E-state index contributed by atoms with van der Waals surface area (Å²) in [5, 5.41) is 21.8. The molecule has 1 aromatic rings. The maximum atomic E-state index is 12.1. The largest absolute Gasteiger partial charge is 0.434 e. The Morgan fingerprint density at radius 3 is 2.55 bits per heavy atom. The Balaban J connectivity index is 2.67. The summed E-state index contributed by atoms with van der Waals surface area (Å²) in [6, 6.07) is 11.9. The van der Waals surface area contributed by atoms with Gasteiger partial charge >= 0.3 is 6.09 Å². The summed E-state index contributed by atoms with van der Waals surface area (Å²) in [6.07, 6.45) is -0.373. The molecule has 1 unspecified atom stereocenters. The second kappa shape index (κ2) is 9.78. The molecule has 0 fully saturated rings. The average molecular weight is 300 g/mol. The summed E-state index contributed by atoms with van der Waals surface area (Å²) < 4.78 is 4.59. The third-order valence-corrected chi connectivity index (χ3v) is 2.70. The number of carbonyl (C=O) groups excluding carboxylic acids is 2. The molecule has 0 spiro atoms. The molecule has 0 aliphatic rings. The summed E-state index contributed by atoms with van der Waals surface area (Å²) in [6.45, 7) is -0.185. The number of ether oxygens (including phenoxy) is 1. The molecule has 0 aliphatic heterocycles. The van der Waals surface area contributed by atoms with Gasteiger partial charge in [0, 0.05) is 13.0 Å². The number of nitrogens with one attached hydrogen (secondary N) is 2. The van der Waals surface area contributed by atoms with Crippen molar-refractivity contribution in [1.29, 1.82) is 10.5 Å². The number of rotatable bonds is 7. The summed E-state index contributed by atoms with van der Waals surface area (Å²) in [5.74, 6) is -0.409. The van der Waals surface area contributed by atoms with Crippen molar-refractivity contribution in [1.82, 2.24) is 10.6 Å². The van der Waals surface area contributed by atoms with Crippen molar-refractivity contribution in [3.63, 3.8) is 0 Å². The van der Waals surface area contributed by atoms with E-state index in [9.17, 15) is 9.59 Å². The van der Waals surface area contributed by atoms with Crippen LogP contribution in [0, 0.1) is 22.7 Å². The van der Waals surface area contributed by atoms with Gasteiger partial charge < -0.3 is 15.4 Å². The van der Waals surface area contributed by atoms with Crippen molar-refractivity contribution in [2.24, 2.45) is 0 Å². The number of hydrogen-bond donors (Lipinski definition) is 2. The molecule has 22 heavy (non-hydrogen) atoms. The highest BCUT2D eigenvalue weighted by atomic mass is 16.5. The van der Waals surface area contributed by atoms with Crippen LogP contribution in [0.4, 0.5) is 4.79 Å². The molecule has 2 N–H and O–H groups in total. The Bertz CT molecular complexity index is 575. The maximum Gasteiger partial charge on any atom is 0.408 e. The number of amides is 2. The van der Waals surface area contributed by atoms with E-state index in [0.717, 1.165) is 5.56 Å². The molecule has 7 heteroatoms. The zero-order valence-corrected chi connectivity index (χ0v) is 11.9. The van der Waals surface area contributed by atoms with Gasteiger partial charge in [0.1, 0.15) is 12.1 Å². The van der Waals surface area contributed by atoms with Gasteiger partial charge in [0.15, 0.2) is 6.61 Å². The predicted molar refractivity (Wildman–Crippen MR) is 77.3 cm³/mol. The van der Waals surface area contributed by atoms with Crippen molar-refractivity contribution in [3.05, 3.63) is 35.9 Å². The first-order valence-corrected chi connectivity index (χ1v) is 6.66. The van der Waals surface area contributed by atoms with Crippen LogP contribution >= 0.6 is 0 Å². The fourth-order valence-electron chi connectivity index (χ4n) is 1.71. The third-order valence-electron chi connectivity index (χ3n) is 2.70. The molecule has 114 valence electrons. The smallest absolute Gasteiger partial charge is 0.408 e. The van der Waals surface area contributed by atoms with Crippen LogP contribution in [0.3, 0.4) is 0 Å². The van der Waals surface area contributed by atoms with E-state index in [-0.39, 0.29) is 26.0 Å². The van der Waals surface area contributed by atoms with Gasteiger partial charge in [-0.2, -0.15) is 10.5 Å². The molecule has 1 atom stereocenters. The van der Waals surface area contributed by atoms with Crippen LogP contribution < -0.4 is 10.6 Å². The molecular formula is C15H16N4O3. The van der Waals surface area contributed by atoms with E-state index in [1.807, 2.05) is 36.4 Å². The lowest BCUT2D eigenvalue weighted by atomic mass is 10.1. The second-order valence-electron chi connectivity index (χ2n) is 4.32. The standard InChI is InChI=1S/C15H16N4O3/c16-7-4-9-18-14(20)13(19-15(21)22-10-8-17)11-12-5-2-1-3-6-12/h1-3,5-6,13H,4,9-11H2,(H,18,20)(H,19,21). The Morgan fingerprint density at radius 2 is 1.91 bits per heavy atom. The highest BCUT2D eigenvalue weighted by Gasteiger charge is 2.21. The number of benzene rings is 1. The van der Waals surface area contributed by atoms with Gasteiger partial charge in [0.25, 0.3) is 0 Å². The zero-order valence-electron chi connectivity index (χ0n) is 11.9. The average Bonchev–Trinajstić information content (AvgIpc) is 2.53. The van der Waals surface area contributed by atoms with Crippen molar-refractivity contribution in [2.45, 2.75) is 18.9 Å². The third kappa shape index (κ3) is 6.40. The van der Waals surface area contributed by atoms with Crippen LogP contribution in [0.15, 0.2) is 30.3 Å². The van der Waals surface area contributed by atoms with Crippen LogP contribution in [0.25, 0.3) is 0 Å². The first-order valence-electron chi connectivity index (χ1n) is 6.66. The van der Waals surface area contributed by atoms with E-state index in [1.165, 1.54) is 0 Å². The Hall–Kier alpha value is -3.06. The first kappa shape index (κ1) is 17.0. The lowest BCUT2D eigenvalue weighted by Crippen LogP contribution is -2.48. The predicted octanol–water partition coefficient (Wildman–Crippen LogP) is 0.877.